The molecule has 0 bridgehead atoms. The summed E-state index contributed by atoms with van der Waals surface area (Å²) in [5, 5.41) is 3.04. The highest BCUT2D eigenvalue weighted by Crippen LogP contribution is 2.34. The lowest BCUT2D eigenvalue weighted by Crippen LogP contribution is -2.39. The van der Waals surface area contributed by atoms with Crippen LogP contribution >= 0.6 is 0 Å². The summed E-state index contributed by atoms with van der Waals surface area (Å²) >= 11 is 0. The molecule has 1 aliphatic carbocycles. The molecule has 9 heteroatoms. The van der Waals surface area contributed by atoms with E-state index in [4.69, 9.17) is 4.74 Å². The monoisotopic (exact) mass is 451 g/mol. The molecule has 1 atom stereocenters. The number of benzene rings is 1. The van der Waals surface area contributed by atoms with Crippen LogP contribution in [0.3, 0.4) is 0 Å². The van der Waals surface area contributed by atoms with Crippen molar-refractivity contribution in [2.24, 2.45) is 11.8 Å². The van der Waals surface area contributed by atoms with E-state index >= 15 is 0 Å². The predicted molar refractivity (Wildman–Crippen MR) is 118 cm³/mol. The summed E-state index contributed by atoms with van der Waals surface area (Å²) in [5.41, 5.74) is 0.481. The molecule has 8 nitrogen and oxygen atoms in total. The van der Waals surface area contributed by atoms with Crippen molar-refractivity contribution in [1.82, 2.24) is 10.0 Å². The number of carbonyl (C=O) groups is 2. The maximum Gasteiger partial charge on any atom is 0.240 e. The van der Waals surface area contributed by atoms with E-state index < -0.39 is 10.0 Å². The summed E-state index contributed by atoms with van der Waals surface area (Å²) in [6.45, 7) is 6.62. The van der Waals surface area contributed by atoms with Crippen molar-refractivity contribution in [1.29, 1.82) is 0 Å². The predicted octanol–water partition coefficient (Wildman–Crippen LogP) is 2.43. The molecule has 2 amide bonds. The molecule has 0 radical (unpaired) electrons. The number of hydrogen-bond donors (Lipinski definition) is 2. The highest BCUT2D eigenvalue weighted by molar-refractivity contribution is 7.89. The standard InChI is InChI=1S/C22H33N3O5S/c1-4-15(2)24-22(27)18-7-5-17(6-8-18)14-23-31(28,29)19-9-10-21-20(13-19)25(16(3)26)11-12-30-21/h9-10,13,15,17-18,23H,4-8,11-12,14H2,1-3H3,(H,24,27)/t15-,17?,18?/m1/s1. The maximum absolute atomic E-state index is 12.8. The summed E-state index contributed by atoms with van der Waals surface area (Å²) < 4.78 is 33.9. The lowest BCUT2D eigenvalue weighted by molar-refractivity contribution is -0.126. The molecule has 0 spiro atoms. The Labute approximate surface area is 184 Å². The summed E-state index contributed by atoms with van der Waals surface area (Å²) in [6.07, 6.45) is 4.09. The molecular formula is C22H33N3O5S. The lowest BCUT2D eigenvalue weighted by Gasteiger charge is -2.29. The smallest absolute Gasteiger partial charge is 0.240 e. The number of nitrogens with zero attached hydrogens (tertiary/aromatic N) is 1. The molecule has 0 aromatic heterocycles. The number of nitrogens with one attached hydrogen (secondary N) is 2. The van der Waals surface area contributed by atoms with Gasteiger partial charge in [-0.1, -0.05) is 6.92 Å². The number of amides is 2. The van der Waals surface area contributed by atoms with Gasteiger partial charge in [-0.25, -0.2) is 13.1 Å². The van der Waals surface area contributed by atoms with Crippen LogP contribution in [0.1, 0.15) is 52.9 Å². The fourth-order valence-electron chi connectivity index (χ4n) is 4.09. The van der Waals surface area contributed by atoms with Crippen LogP contribution in [0.4, 0.5) is 5.69 Å². The van der Waals surface area contributed by atoms with E-state index in [1.807, 2.05) is 13.8 Å². The van der Waals surface area contributed by atoms with Crippen LogP contribution in [0.5, 0.6) is 5.75 Å². The van der Waals surface area contributed by atoms with E-state index in [-0.39, 0.29) is 34.6 Å². The highest BCUT2D eigenvalue weighted by atomic mass is 32.2. The van der Waals surface area contributed by atoms with E-state index in [0.29, 0.717) is 31.1 Å². The Hall–Kier alpha value is -2.13. The fourth-order valence-corrected chi connectivity index (χ4v) is 5.23. The second-order valence-corrected chi connectivity index (χ2v) is 10.3. The minimum atomic E-state index is -3.71. The van der Waals surface area contributed by atoms with E-state index in [2.05, 4.69) is 10.0 Å². The Morgan fingerprint density at radius 3 is 2.58 bits per heavy atom. The first-order valence-corrected chi connectivity index (χ1v) is 12.5. The van der Waals surface area contributed by atoms with Crippen molar-refractivity contribution in [2.45, 2.75) is 63.8 Å². The summed E-state index contributed by atoms with van der Waals surface area (Å²) in [6, 6.07) is 4.77. The van der Waals surface area contributed by atoms with Crippen LogP contribution in [-0.2, 0) is 19.6 Å². The zero-order valence-corrected chi connectivity index (χ0v) is 19.3. The second-order valence-electron chi connectivity index (χ2n) is 8.54. The Morgan fingerprint density at radius 1 is 1.23 bits per heavy atom. The van der Waals surface area contributed by atoms with Crippen molar-refractivity contribution in [3.63, 3.8) is 0 Å². The Balaban J connectivity index is 1.57. The fraction of sp³-hybridized carbons (Fsp3) is 0.636. The van der Waals surface area contributed by atoms with Crippen LogP contribution in [0.2, 0.25) is 0 Å². The molecule has 31 heavy (non-hydrogen) atoms. The summed E-state index contributed by atoms with van der Waals surface area (Å²) in [7, 11) is -3.71. The zero-order valence-electron chi connectivity index (χ0n) is 18.5. The topological polar surface area (TPSA) is 105 Å². The molecular weight excluding hydrogens is 418 g/mol. The third kappa shape index (κ3) is 5.77. The van der Waals surface area contributed by atoms with Crippen molar-refractivity contribution < 1.29 is 22.7 Å². The number of sulfonamides is 1. The first-order chi connectivity index (χ1) is 14.7. The first kappa shape index (κ1) is 23.5. The molecule has 2 aliphatic rings. The molecule has 1 aromatic carbocycles. The number of carbonyl (C=O) groups excluding carboxylic acids is 2. The van der Waals surface area contributed by atoms with Gasteiger partial charge in [0, 0.05) is 25.4 Å². The Bertz CT molecular complexity index is 910. The average Bonchev–Trinajstić information content (AvgIpc) is 2.77. The Kier molecular flexibility index (Phi) is 7.59. The van der Waals surface area contributed by atoms with Gasteiger partial charge in [0.15, 0.2) is 0 Å². The van der Waals surface area contributed by atoms with Gasteiger partial charge in [-0.05, 0) is 63.1 Å². The molecule has 0 saturated heterocycles. The lowest BCUT2D eigenvalue weighted by atomic mass is 9.81. The van der Waals surface area contributed by atoms with Gasteiger partial charge < -0.3 is 15.0 Å². The van der Waals surface area contributed by atoms with Gasteiger partial charge in [-0.3, -0.25) is 9.59 Å². The summed E-state index contributed by atoms with van der Waals surface area (Å²) in [5.74, 6) is 0.687. The SMILES string of the molecule is CC[C@@H](C)NC(=O)C1CCC(CNS(=O)(=O)c2ccc3c(c2)N(C(C)=O)CCO3)CC1. The average molecular weight is 452 g/mol. The molecule has 3 rings (SSSR count). The molecule has 1 aromatic rings. The highest BCUT2D eigenvalue weighted by Gasteiger charge is 2.29. The third-order valence-corrected chi connectivity index (χ3v) is 7.69. The van der Waals surface area contributed by atoms with Gasteiger partial charge >= 0.3 is 0 Å². The van der Waals surface area contributed by atoms with Crippen LogP contribution in [0.25, 0.3) is 0 Å². The molecule has 172 valence electrons. The molecule has 1 heterocycles. The van der Waals surface area contributed by atoms with Gasteiger partial charge in [0.2, 0.25) is 21.8 Å². The van der Waals surface area contributed by atoms with E-state index in [1.165, 1.54) is 24.0 Å². The van der Waals surface area contributed by atoms with Crippen molar-refractivity contribution in [2.75, 3.05) is 24.6 Å². The normalized spacial score (nSPS) is 22.2. The zero-order chi connectivity index (χ0) is 22.6. The minimum Gasteiger partial charge on any atom is -0.490 e. The van der Waals surface area contributed by atoms with Crippen LogP contribution < -0.4 is 19.7 Å². The Morgan fingerprint density at radius 2 is 1.94 bits per heavy atom. The largest absolute Gasteiger partial charge is 0.490 e. The first-order valence-electron chi connectivity index (χ1n) is 11.1. The molecule has 1 fully saturated rings. The quantitative estimate of drug-likeness (QED) is 0.663. The van der Waals surface area contributed by atoms with Gasteiger partial charge in [0.05, 0.1) is 17.1 Å². The van der Waals surface area contributed by atoms with Gasteiger partial charge in [0.1, 0.15) is 12.4 Å². The number of rotatable bonds is 7. The van der Waals surface area contributed by atoms with E-state index in [1.54, 1.807) is 6.07 Å². The summed E-state index contributed by atoms with van der Waals surface area (Å²) in [4.78, 5) is 25.8. The van der Waals surface area contributed by atoms with Crippen molar-refractivity contribution in [3.8, 4) is 5.75 Å². The number of fused-ring (bicyclic) bond motifs is 1. The van der Waals surface area contributed by atoms with Crippen molar-refractivity contribution >= 4 is 27.5 Å². The van der Waals surface area contributed by atoms with Crippen LogP contribution in [0.15, 0.2) is 23.1 Å². The number of anilines is 1. The molecule has 2 N–H and O–H groups in total. The molecule has 1 aliphatic heterocycles. The number of ether oxygens (including phenoxy) is 1. The third-order valence-electron chi connectivity index (χ3n) is 6.26. The molecule has 0 unspecified atom stereocenters. The van der Waals surface area contributed by atoms with Crippen molar-refractivity contribution in [3.05, 3.63) is 18.2 Å². The second kappa shape index (κ2) is 9.99. The van der Waals surface area contributed by atoms with Crippen LogP contribution in [-0.4, -0.2) is 46.0 Å². The molecule has 1 saturated carbocycles. The van der Waals surface area contributed by atoms with E-state index in [0.717, 1.165) is 32.1 Å². The van der Waals surface area contributed by atoms with Gasteiger partial charge in [0.25, 0.3) is 0 Å². The maximum atomic E-state index is 12.8. The number of hydrogen-bond acceptors (Lipinski definition) is 5. The van der Waals surface area contributed by atoms with E-state index in [9.17, 15) is 18.0 Å². The van der Waals surface area contributed by atoms with Crippen LogP contribution in [0, 0.1) is 11.8 Å². The van der Waals surface area contributed by atoms with Gasteiger partial charge in [-0.15, -0.1) is 0 Å². The van der Waals surface area contributed by atoms with Gasteiger partial charge in [-0.2, -0.15) is 0 Å². The minimum absolute atomic E-state index is 0.0140.